The molecule has 0 aromatic carbocycles. The minimum absolute atomic E-state index is 0.0278. The SMILES string of the molecule is CC(N)C1CCO1.CCF.NC(O)C1CCO1.NCC(O)C1CCO1. The summed E-state index contributed by atoms with van der Waals surface area (Å²) in [4.78, 5) is 0. The molecule has 0 amide bonds. The molecule has 0 aromatic rings. The molecule has 0 bridgehead atoms. The van der Waals surface area contributed by atoms with Gasteiger partial charge in [-0.1, -0.05) is 0 Å². The van der Waals surface area contributed by atoms with Gasteiger partial charge in [0.15, 0.2) is 0 Å². The first-order chi connectivity index (χ1) is 11.9. The number of nitrogens with two attached hydrogens (primary N) is 3. The van der Waals surface area contributed by atoms with Crippen LogP contribution < -0.4 is 17.2 Å². The molecule has 0 saturated carbocycles. The summed E-state index contributed by atoms with van der Waals surface area (Å²) < 4.78 is 25.1. The van der Waals surface area contributed by atoms with E-state index in [1.807, 2.05) is 6.92 Å². The van der Waals surface area contributed by atoms with Crippen LogP contribution in [0.25, 0.3) is 0 Å². The number of aliphatic hydroxyl groups excluding tert-OH is 2. The molecule has 6 unspecified atom stereocenters. The lowest BCUT2D eigenvalue weighted by Gasteiger charge is -2.29. The van der Waals surface area contributed by atoms with Crippen molar-refractivity contribution in [2.45, 2.75) is 69.8 Å². The molecule has 152 valence electrons. The molecule has 3 fully saturated rings. The van der Waals surface area contributed by atoms with Gasteiger partial charge in [-0.2, -0.15) is 0 Å². The van der Waals surface area contributed by atoms with E-state index in [0.29, 0.717) is 12.6 Å². The lowest BCUT2D eigenvalue weighted by molar-refractivity contribution is -0.114. The molecule has 0 aliphatic carbocycles. The van der Waals surface area contributed by atoms with Crippen LogP contribution in [-0.4, -0.2) is 79.9 Å². The monoisotopic (exact) mass is 369 g/mol. The van der Waals surface area contributed by atoms with Crippen molar-refractivity contribution in [2.75, 3.05) is 33.0 Å². The normalized spacial score (nSPS) is 30.0. The summed E-state index contributed by atoms with van der Waals surface area (Å²) in [6.45, 7) is 5.93. The van der Waals surface area contributed by atoms with Crippen molar-refractivity contribution >= 4 is 0 Å². The third-order valence-corrected chi connectivity index (χ3v) is 3.84. The Morgan fingerprint density at radius 3 is 1.36 bits per heavy atom. The summed E-state index contributed by atoms with van der Waals surface area (Å²) in [5.74, 6) is 0. The molecular weight excluding hydrogens is 333 g/mol. The van der Waals surface area contributed by atoms with Crippen molar-refractivity contribution in [3.8, 4) is 0 Å². The van der Waals surface area contributed by atoms with E-state index in [4.69, 9.17) is 41.6 Å². The Morgan fingerprint density at radius 1 is 0.960 bits per heavy atom. The second kappa shape index (κ2) is 14.7. The van der Waals surface area contributed by atoms with Gasteiger partial charge in [0.05, 0.1) is 31.1 Å². The van der Waals surface area contributed by atoms with E-state index in [9.17, 15) is 4.39 Å². The standard InChI is InChI=1S/C5H11NO2.C5H11NO.C4H9NO2.C2H5F/c6-3-4(7)5-1-2-8-5;1-4(6)5-2-3-7-5;5-4(6)3-1-2-7-3;1-2-3/h4-5,7H,1-3,6H2;4-5H,2-3,6H2,1H3;3-4,6H,1-2,5H2;2H2,1H3. The Bertz CT molecular complexity index is 281. The van der Waals surface area contributed by atoms with Crippen LogP contribution in [0.4, 0.5) is 4.39 Å². The van der Waals surface area contributed by atoms with E-state index in [1.165, 1.54) is 6.92 Å². The first-order valence-corrected chi connectivity index (χ1v) is 8.85. The van der Waals surface area contributed by atoms with E-state index in [-0.39, 0.29) is 24.9 Å². The average Bonchev–Trinajstić information content (AvgIpc) is 2.33. The number of aliphatic hydroxyl groups is 2. The van der Waals surface area contributed by atoms with Gasteiger partial charge in [-0.3, -0.25) is 4.39 Å². The highest BCUT2D eigenvalue weighted by Gasteiger charge is 2.25. The van der Waals surface area contributed by atoms with Crippen molar-refractivity contribution in [1.82, 2.24) is 0 Å². The fourth-order valence-electron chi connectivity index (χ4n) is 1.90. The van der Waals surface area contributed by atoms with Gasteiger partial charge >= 0.3 is 0 Å². The smallest absolute Gasteiger partial charge is 0.128 e. The minimum Gasteiger partial charge on any atom is -0.389 e. The van der Waals surface area contributed by atoms with Gasteiger partial charge in [0.25, 0.3) is 0 Å². The Hall–Kier alpha value is -0.390. The largest absolute Gasteiger partial charge is 0.389 e. The van der Waals surface area contributed by atoms with Crippen LogP contribution in [0.5, 0.6) is 0 Å². The van der Waals surface area contributed by atoms with Crippen molar-refractivity contribution in [2.24, 2.45) is 17.2 Å². The average molecular weight is 369 g/mol. The molecule has 9 heteroatoms. The van der Waals surface area contributed by atoms with E-state index in [1.54, 1.807) is 0 Å². The van der Waals surface area contributed by atoms with Crippen molar-refractivity contribution in [3.63, 3.8) is 0 Å². The van der Waals surface area contributed by atoms with E-state index < -0.39 is 12.3 Å². The highest BCUT2D eigenvalue weighted by molar-refractivity contribution is 4.75. The Labute approximate surface area is 149 Å². The number of alkyl halides is 1. The molecule has 25 heavy (non-hydrogen) atoms. The zero-order chi connectivity index (χ0) is 19.2. The first kappa shape index (κ1) is 24.6. The summed E-state index contributed by atoms with van der Waals surface area (Å²) in [5.41, 5.74) is 15.7. The van der Waals surface area contributed by atoms with Crippen molar-refractivity contribution < 1.29 is 28.8 Å². The van der Waals surface area contributed by atoms with Crippen LogP contribution in [0.15, 0.2) is 0 Å². The van der Waals surface area contributed by atoms with Crippen LogP contribution in [0.1, 0.15) is 33.1 Å². The highest BCUT2D eigenvalue weighted by atomic mass is 19.1. The van der Waals surface area contributed by atoms with Crippen LogP contribution in [0, 0.1) is 0 Å². The van der Waals surface area contributed by atoms with Gasteiger partial charge in [-0.15, -0.1) is 0 Å². The van der Waals surface area contributed by atoms with Crippen molar-refractivity contribution in [3.05, 3.63) is 0 Å². The second-order valence-corrected chi connectivity index (χ2v) is 6.01. The van der Waals surface area contributed by atoms with Crippen molar-refractivity contribution in [1.29, 1.82) is 0 Å². The molecule has 3 rings (SSSR count). The lowest BCUT2D eigenvalue weighted by atomic mass is 10.1. The maximum atomic E-state index is 10.3. The summed E-state index contributed by atoms with van der Waals surface area (Å²) >= 11 is 0. The van der Waals surface area contributed by atoms with Crippen LogP contribution >= 0.6 is 0 Å². The summed E-state index contributed by atoms with van der Waals surface area (Å²) in [6.07, 6.45) is 2.10. The predicted molar refractivity (Wildman–Crippen MR) is 93.6 cm³/mol. The van der Waals surface area contributed by atoms with E-state index >= 15 is 0 Å². The first-order valence-electron chi connectivity index (χ1n) is 8.85. The van der Waals surface area contributed by atoms with Gasteiger partial charge < -0.3 is 41.6 Å². The molecule has 0 radical (unpaired) electrons. The summed E-state index contributed by atoms with van der Waals surface area (Å²) in [6, 6.07) is 0.230. The Balaban J connectivity index is 0.000000321. The zero-order valence-electron chi connectivity index (χ0n) is 15.4. The quantitative estimate of drug-likeness (QED) is 0.407. The molecule has 0 aromatic heterocycles. The zero-order valence-corrected chi connectivity index (χ0v) is 15.4. The minimum atomic E-state index is -0.770. The van der Waals surface area contributed by atoms with Gasteiger partial charge in [-0.25, -0.2) is 0 Å². The maximum absolute atomic E-state index is 10.3. The molecule has 8 nitrogen and oxygen atoms in total. The third-order valence-electron chi connectivity index (χ3n) is 3.84. The Morgan fingerprint density at radius 2 is 1.32 bits per heavy atom. The van der Waals surface area contributed by atoms with E-state index in [0.717, 1.165) is 39.1 Å². The summed E-state index contributed by atoms with van der Waals surface area (Å²) in [7, 11) is 0. The maximum Gasteiger partial charge on any atom is 0.128 e. The topological polar surface area (TPSA) is 146 Å². The third kappa shape index (κ3) is 11.0. The molecule has 3 saturated heterocycles. The van der Waals surface area contributed by atoms with Gasteiger partial charge in [0.1, 0.15) is 6.23 Å². The number of rotatable bonds is 4. The number of hydrogen-bond acceptors (Lipinski definition) is 8. The lowest BCUT2D eigenvalue weighted by Crippen LogP contribution is -2.43. The molecule has 3 heterocycles. The van der Waals surface area contributed by atoms with E-state index in [2.05, 4.69) is 0 Å². The highest BCUT2D eigenvalue weighted by Crippen LogP contribution is 2.14. The Kier molecular flexibility index (Phi) is 14.5. The van der Waals surface area contributed by atoms with Crippen LogP contribution in [0.3, 0.4) is 0 Å². The van der Waals surface area contributed by atoms with Gasteiger partial charge in [0.2, 0.25) is 0 Å². The number of ether oxygens (including phenoxy) is 3. The van der Waals surface area contributed by atoms with Crippen LogP contribution in [0.2, 0.25) is 0 Å². The fourth-order valence-corrected chi connectivity index (χ4v) is 1.90. The number of halogens is 1. The number of hydrogen-bond donors (Lipinski definition) is 5. The van der Waals surface area contributed by atoms with Gasteiger partial charge in [0, 0.05) is 38.8 Å². The molecule has 8 N–H and O–H groups in total. The molecule has 6 atom stereocenters. The fraction of sp³-hybridized carbons (Fsp3) is 1.00. The molecular formula is C16H36FN3O5. The van der Waals surface area contributed by atoms with Crippen LogP contribution in [-0.2, 0) is 14.2 Å². The predicted octanol–water partition coefficient (Wildman–Crippen LogP) is -0.754. The second-order valence-electron chi connectivity index (χ2n) is 6.01. The molecule has 0 spiro atoms. The summed E-state index contributed by atoms with van der Waals surface area (Å²) in [5, 5.41) is 17.5. The van der Waals surface area contributed by atoms with Gasteiger partial charge in [-0.05, 0) is 26.7 Å². The molecule has 3 aliphatic heterocycles. The molecule has 3 aliphatic rings.